The Bertz CT molecular complexity index is 793. The summed E-state index contributed by atoms with van der Waals surface area (Å²) in [6, 6.07) is 11.6. The molecule has 0 unspecified atom stereocenters. The van der Waals surface area contributed by atoms with Gasteiger partial charge in [-0.3, -0.25) is 0 Å². The summed E-state index contributed by atoms with van der Waals surface area (Å²) in [4.78, 5) is 0. The maximum absolute atomic E-state index is 5.98. The molecule has 0 fully saturated rings. The van der Waals surface area contributed by atoms with E-state index in [9.17, 15) is 0 Å². The van der Waals surface area contributed by atoms with Crippen molar-refractivity contribution < 1.29 is 0 Å². The van der Waals surface area contributed by atoms with Crippen LogP contribution in [0.1, 0.15) is 5.56 Å². The molecule has 21 heavy (non-hydrogen) atoms. The Morgan fingerprint density at radius 1 is 1.10 bits per heavy atom. The highest BCUT2D eigenvalue weighted by atomic mass is 79.9. The lowest BCUT2D eigenvalue weighted by atomic mass is 10.1. The molecule has 0 radical (unpaired) electrons. The van der Waals surface area contributed by atoms with E-state index in [0.717, 1.165) is 25.8 Å². The van der Waals surface area contributed by atoms with Crippen molar-refractivity contribution in [3.05, 3.63) is 50.9 Å². The monoisotopic (exact) mass is 407 g/mol. The fraction of sp³-hybridized carbons (Fsp3) is 0.0714. The molecule has 0 aliphatic heterocycles. The summed E-state index contributed by atoms with van der Waals surface area (Å²) in [5, 5.41) is 12.0. The molecule has 0 spiro atoms. The van der Waals surface area contributed by atoms with Crippen molar-refractivity contribution >= 4 is 37.5 Å². The van der Waals surface area contributed by atoms with Gasteiger partial charge in [0.2, 0.25) is 0 Å². The summed E-state index contributed by atoms with van der Waals surface area (Å²) >= 11 is 7.06. The number of hydrogen-bond donors (Lipinski definition) is 1. The number of nitrogens with zero attached hydrogens (tertiary/aromatic N) is 4. The number of benzene rings is 2. The number of tetrazole rings is 1. The maximum atomic E-state index is 5.98. The third-order valence-electron chi connectivity index (χ3n) is 3.16. The van der Waals surface area contributed by atoms with Crippen molar-refractivity contribution in [1.82, 2.24) is 20.2 Å². The van der Waals surface area contributed by atoms with Crippen LogP contribution in [-0.2, 0) is 0 Å². The Hall–Kier alpha value is -1.73. The van der Waals surface area contributed by atoms with Crippen molar-refractivity contribution in [2.24, 2.45) is 0 Å². The van der Waals surface area contributed by atoms with Gasteiger partial charge in [-0.05, 0) is 73.0 Å². The van der Waals surface area contributed by atoms with Crippen molar-refractivity contribution in [2.45, 2.75) is 6.92 Å². The minimum atomic E-state index is 0.634. The van der Waals surface area contributed by atoms with E-state index in [1.165, 1.54) is 0 Å². The van der Waals surface area contributed by atoms with Gasteiger partial charge in [0, 0.05) is 20.2 Å². The van der Waals surface area contributed by atoms with E-state index in [-0.39, 0.29) is 0 Å². The van der Waals surface area contributed by atoms with Crippen LogP contribution in [0.4, 0.5) is 5.69 Å². The first-order chi connectivity index (χ1) is 10.1. The fourth-order valence-electron chi connectivity index (χ4n) is 1.99. The lowest BCUT2D eigenvalue weighted by Crippen LogP contribution is -2.02. The Labute approximate surface area is 138 Å². The van der Waals surface area contributed by atoms with E-state index in [2.05, 4.69) is 47.4 Å². The van der Waals surface area contributed by atoms with Gasteiger partial charge in [-0.25, -0.2) is 0 Å². The molecule has 0 aliphatic carbocycles. The Morgan fingerprint density at radius 2 is 1.81 bits per heavy atom. The molecule has 3 aromatic rings. The van der Waals surface area contributed by atoms with E-state index in [1.807, 2.05) is 43.3 Å². The maximum Gasteiger partial charge on any atom is 0.187 e. The minimum Gasteiger partial charge on any atom is -0.398 e. The molecular formula is C14H11Br2N5. The molecule has 0 saturated heterocycles. The van der Waals surface area contributed by atoms with E-state index in [0.29, 0.717) is 11.5 Å². The van der Waals surface area contributed by atoms with E-state index in [1.54, 1.807) is 4.68 Å². The van der Waals surface area contributed by atoms with Crippen LogP contribution in [0.5, 0.6) is 0 Å². The molecule has 7 heteroatoms. The third kappa shape index (κ3) is 2.58. The fourth-order valence-corrected chi connectivity index (χ4v) is 3.32. The first-order valence-electron chi connectivity index (χ1n) is 6.17. The van der Waals surface area contributed by atoms with Crippen LogP contribution in [0.3, 0.4) is 0 Å². The Balaban J connectivity index is 2.20. The minimum absolute atomic E-state index is 0.634. The quantitative estimate of drug-likeness (QED) is 0.655. The highest BCUT2D eigenvalue weighted by Crippen LogP contribution is 2.31. The number of hydrogen-bond acceptors (Lipinski definition) is 4. The SMILES string of the molecule is Cc1ccc(-c2nnnn2-c2c(Br)cccc2Br)cc1N. The normalized spacial score (nSPS) is 10.8. The van der Waals surface area contributed by atoms with E-state index < -0.39 is 0 Å². The van der Waals surface area contributed by atoms with Gasteiger partial charge in [0.15, 0.2) is 5.82 Å². The Kier molecular flexibility index (Phi) is 3.77. The molecule has 5 nitrogen and oxygen atoms in total. The number of nitrogen functional groups attached to an aromatic ring is 1. The zero-order chi connectivity index (χ0) is 15.0. The molecule has 0 aliphatic rings. The van der Waals surface area contributed by atoms with E-state index in [4.69, 9.17) is 5.73 Å². The van der Waals surface area contributed by atoms with Gasteiger partial charge in [0.25, 0.3) is 0 Å². The largest absolute Gasteiger partial charge is 0.398 e. The first kappa shape index (κ1) is 14.2. The van der Waals surface area contributed by atoms with Crippen LogP contribution in [-0.4, -0.2) is 20.2 Å². The smallest absolute Gasteiger partial charge is 0.187 e. The highest BCUT2D eigenvalue weighted by Gasteiger charge is 2.16. The summed E-state index contributed by atoms with van der Waals surface area (Å²) in [6.45, 7) is 1.96. The molecule has 2 aromatic carbocycles. The standard InChI is InChI=1S/C14H11Br2N5/c1-8-5-6-9(7-12(8)17)14-18-19-20-21(14)13-10(15)3-2-4-11(13)16/h2-7H,17H2,1H3. The molecule has 106 valence electrons. The van der Waals surface area contributed by atoms with Crippen LogP contribution in [0.25, 0.3) is 17.1 Å². The van der Waals surface area contributed by atoms with Gasteiger partial charge in [0.05, 0.1) is 5.69 Å². The van der Waals surface area contributed by atoms with Gasteiger partial charge in [-0.2, -0.15) is 4.68 Å². The van der Waals surface area contributed by atoms with Gasteiger partial charge in [-0.1, -0.05) is 18.2 Å². The number of para-hydroxylation sites is 1. The zero-order valence-electron chi connectivity index (χ0n) is 11.1. The van der Waals surface area contributed by atoms with Gasteiger partial charge < -0.3 is 5.73 Å². The lowest BCUT2D eigenvalue weighted by molar-refractivity contribution is 0.786. The van der Waals surface area contributed by atoms with Crippen molar-refractivity contribution in [3.8, 4) is 17.1 Å². The molecule has 2 N–H and O–H groups in total. The van der Waals surface area contributed by atoms with Gasteiger partial charge in [-0.15, -0.1) is 5.10 Å². The summed E-state index contributed by atoms with van der Waals surface area (Å²) < 4.78 is 3.47. The number of rotatable bonds is 2. The summed E-state index contributed by atoms with van der Waals surface area (Å²) in [5.41, 5.74) is 9.43. The Morgan fingerprint density at radius 3 is 2.48 bits per heavy atom. The molecule has 3 rings (SSSR count). The highest BCUT2D eigenvalue weighted by molar-refractivity contribution is 9.11. The second kappa shape index (κ2) is 5.57. The number of anilines is 1. The topological polar surface area (TPSA) is 69.6 Å². The van der Waals surface area contributed by atoms with Crippen LogP contribution in [0.15, 0.2) is 45.3 Å². The second-order valence-corrected chi connectivity index (χ2v) is 6.26. The molecule has 0 atom stereocenters. The summed E-state index contributed by atoms with van der Waals surface area (Å²) in [7, 11) is 0. The average molecular weight is 409 g/mol. The summed E-state index contributed by atoms with van der Waals surface area (Å²) in [6.07, 6.45) is 0. The number of halogens is 2. The van der Waals surface area contributed by atoms with Crippen LogP contribution >= 0.6 is 31.9 Å². The van der Waals surface area contributed by atoms with Gasteiger partial charge >= 0.3 is 0 Å². The number of nitrogens with two attached hydrogens (primary N) is 1. The molecule has 1 aromatic heterocycles. The lowest BCUT2D eigenvalue weighted by Gasteiger charge is -2.10. The van der Waals surface area contributed by atoms with Crippen LogP contribution in [0, 0.1) is 6.92 Å². The van der Waals surface area contributed by atoms with Crippen molar-refractivity contribution in [3.63, 3.8) is 0 Å². The van der Waals surface area contributed by atoms with Crippen LogP contribution < -0.4 is 5.73 Å². The summed E-state index contributed by atoms with van der Waals surface area (Å²) in [5.74, 6) is 0.634. The molecule has 0 amide bonds. The molecule has 0 bridgehead atoms. The predicted octanol–water partition coefficient (Wildman–Crippen LogP) is 3.74. The average Bonchev–Trinajstić information content (AvgIpc) is 2.91. The predicted molar refractivity (Wildman–Crippen MR) is 89.1 cm³/mol. The van der Waals surface area contributed by atoms with Crippen molar-refractivity contribution in [2.75, 3.05) is 5.73 Å². The molecule has 0 saturated carbocycles. The number of aromatic nitrogens is 4. The third-order valence-corrected chi connectivity index (χ3v) is 4.44. The molecule has 1 heterocycles. The van der Waals surface area contributed by atoms with Crippen LogP contribution in [0.2, 0.25) is 0 Å². The van der Waals surface area contributed by atoms with E-state index >= 15 is 0 Å². The van der Waals surface area contributed by atoms with Crippen molar-refractivity contribution in [1.29, 1.82) is 0 Å². The number of aryl methyl sites for hydroxylation is 1. The molecular weight excluding hydrogens is 398 g/mol. The first-order valence-corrected chi connectivity index (χ1v) is 7.76. The zero-order valence-corrected chi connectivity index (χ0v) is 14.3. The van der Waals surface area contributed by atoms with Gasteiger partial charge in [0.1, 0.15) is 0 Å². The second-order valence-electron chi connectivity index (χ2n) is 4.56.